The Labute approximate surface area is 215 Å². The molecule has 0 radical (unpaired) electrons. The highest BCUT2D eigenvalue weighted by Crippen LogP contribution is 2.38. The van der Waals surface area contributed by atoms with E-state index in [9.17, 15) is 15.0 Å². The number of carbonyl (C=O) groups is 1. The molecular formula is C29H29N5O3. The maximum absolute atomic E-state index is 13.7. The molecule has 1 aliphatic carbocycles. The van der Waals surface area contributed by atoms with Crippen molar-refractivity contribution in [1.29, 1.82) is 0 Å². The molecule has 1 amide bonds. The lowest BCUT2D eigenvalue weighted by molar-refractivity contribution is 0.0748. The molecule has 1 fully saturated rings. The van der Waals surface area contributed by atoms with E-state index in [1.54, 1.807) is 11.1 Å². The van der Waals surface area contributed by atoms with Crippen molar-refractivity contribution in [2.24, 2.45) is 0 Å². The Morgan fingerprint density at radius 3 is 2.54 bits per heavy atom. The third-order valence-electron chi connectivity index (χ3n) is 7.28. The van der Waals surface area contributed by atoms with Gasteiger partial charge in [0.05, 0.1) is 29.7 Å². The van der Waals surface area contributed by atoms with Crippen LogP contribution in [0.1, 0.15) is 59.8 Å². The SMILES string of the molecule is O=C(c1c(O)cc(O)cc1Nc1cc(-c2ccccc2)nn1C1CCCCC1)N1Cc2cccnc2C1. The van der Waals surface area contributed by atoms with Gasteiger partial charge in [-0.25, -0.2) is 4.68 Å². The Bertz CT molecular complexity index is 1420. The van der Waals surface area contributed by atoms with Crippen LogP contribution in [0.15, 0.2) is 66.9 Å². The molecule has 2 aliphatic rings. The van der Waals surface area contributed by atoms with Crippen molar-refractivity contribution in [2.45, 2.75) is 51.2 Å². The van der Waals surface area contributed by atoms with Gasteiger partial charge >= 0.3 is 0 Å². The van der Waals surface area contributed by atoms with Crippen molar-refractivity contribution >= 4 is 17.4 Å². The Morgan fingerprint density at radius 2 is 1.76 bits per heavy atom. The van der Waals surface area contributed by atoms with Crippen molar-refractivity contribution < 1.29 is 15.0 Å². The normalized spacial score (nSPS) is 15.5. The monoisotopic (exact) mass is 495 g/mol. The molecule has 6 rings (SSSR count). The molecule has 0 atom stereocenters. The number of aromatic hydroxyl groups is 2. The number of amides is 1. The first-order valence-electron chi connectivity index (χ1n) is 12.8. The quantitative estimate of drug-likeness (QED) is 0.325. The van der Waals surface area contributed by atoms with Crippen LogP contribution in [0.5, 0.6) is 11.5 Å². The summed E-state index contributed by atoms with van der Waals surface area (Å²) in [5.74, 6) is -0.0143. The van der Waals surface area contributed by atoms with Gasteiger partial charge < -0.3 is 20.4 Å². The summed E-state index contributed by atoms with van der Waals surface area (Å²) >= 11 is 0. The number of fused-ring (bicyclic) bond motifs is 1. The Kier molecular flexibility index (Phi) is 6.00. The van der Waals surface area contributed by atoms with E-state index >= 15 is 0 Å². The minimum atomic E-state index is -0.329. The van der Waals surface area contributed by atoms with E-state index in [0.717, 1.165) is 54.0 Å². The van der Waals surface area contributed by atoms with Crippen molar-refractivity contribution in [3.8, 4) is 22.8 Å². The predicted octanol–water partition coefficient (Wildman–Crippen LogP) is 5.76. The minimum Gasteiger partial charge on any atom is -0.508 e. The summed E-state index contributed by atoms with van der Waals surface area (Å²) in [6, 6.07) is 18.7. The van der Waals surface area contributed by atoms with E-state index in [0.29, 0.717) is 18.8 Å². The summed E-state index contributed by atoms with van der Waals surface area (Å²) in [5, 5.41) is 29.4. The topological polar surface area (TPSA) is 104 Å². The number of benzene rings is 2. The molecule has 188 valence electrons. The van der Waals surface area contributed by atoms with Crippen LogP contribution in [0.2, 0.25) is 0 Å². The van der Waals surface area contributed by atoms with Crippen molar-refractivity contribution in [3.63, 3.8) is 0 Å². The second-order valence-corrected chi connectivity index (χ2v) is 9.80. The molecule has 0 spiro atoms. The molecule has 8 nitrogen and oxygen atoms in total. The van der Waals surface area contributed by atoms with Crippen molar-refractivity contribution in [2.75, 3.05) is 5.32 Å². The highest BCUT2D eigenvalue weighted by Gasteiger charge is 2.30. The highest BCUT2D eigenvalue weighted by atomic mass is 16.3. The van der Waals surface area contributed by atoms with E-state index in [4.69, 9.17) is 5.10 Å². The summed E-state index contributed by atoms with van der Waals surface area (Å²) < 4.78 is 2.01. The molecule has 8 heteroatoms. The molecule has 0 unspecified atom stereocenters. The number of phenolic OH excluding ortho intramolecular Hbond substituents is 2. The molecule has 1 saturated carbocycles. The van der Waals surface area contributed by atoms with Crippen LogP contribution < -0.4 is 5.32 Å². The zero-order chi connectivity index (χ0) is 25.4. The fourth-order valence-electron chi connectivity index (χ4n) is 5.42. The zero-order valence-electron chi connectivity index (χ0n) is 20.5. The number of aromatic nitrogens is 3. The number of hydrogen-bond donors (Lipinski definition) is 3. The molecule has 3 N–H and O–H groups in total. The third kappa shape index (κ3) is 4.50. The lowest BCUT2D eigenvalue weighted by Gasteiger charge is -2.25. The molecule has 0 bridgehead atoms. The van der Waals surface area contributed by atoms with Crippen molar-refractivity contribution in [3.05, 3.63) is 83.7 Å². The molecule has 2 aromatic carbocycles. The minimum absolute atomic E-state index is 0.114. The largest absolute Gasteiger partial charge is 0.508 e. The average molecular weight is 496 g/mol. The van der Waals surface area contributed by atoms with Gasteiger partial charge in [0.25, 0.3) is 5.91 Å². The van der Waals surface area contributed by atoms with Gasteiger partial charge in [0.2, 0.25) is 0 Å². The van der Waals surface area contributed by atoms with Crippen LogP contribution in [-0.4, -0.2) is 35.8 Å². The van der Waals surface area contributed by atoms with Gasteiger partial charge in [0, 0.05) is 36.5 Å². The average Bonchev–Trinajstić information content (AvgIpc) is 3.54. The van der Waals surface area contributed by atoms with E-state index < -0.39 is 0 Å². The van der Waals surface area contributed by atoms with Gasteiger partial charge in [-0.2, -0.15) is 5.10 Å². The molecular weight excluding hydrogens is 466 g/mol. The van der Waals surface area contributed by atoms with Crippen LogP contribution in [-0.2, 0) is 13.1 Å². The number of rotatable bonds is 5. The van der Waals surface area contributed by atoms with Crippen LogP contribution in [0.4, 0.5) is 11.5 Å². The second-order valence-electron chi connectivity index (χ2n) is 9.80. The first-order valence-corrected chi connectivity index (χ1v) is 12.8. The van der Waals surface area contributed by atoms with Gasteiger partial charge in [0.1, 0.15) is 22.9 Å². The standard InChI is InChI=1S/C29H29N5O3/c35-22-14-24(28(26(36)15-22)29(37)33-17-20-10-7-13-30-25(20)18-33)31-27-16-23(19-8-3-1-4-9-19)32-34(27)21-11-5-2-6-12-21/h1,3-4,7-10,13-16,21,31,35-36H,2,5-6,11-12,17-18H2. The Hall–Kier alpha value is -4.33. The molecule has 0 saturated heterocycles. The molecule has 37 heavy (non-hydrogen) atoms. The predicted molar refractivity (Wildman–Crippen MR) is 141 cm³/mol. The van der Waals surface area contributed by atoms with Gasteiger partial charge in [0.15, 0.2) is 0 Å². The first kappa shape index (κ1) is 23.1. The number of pyridine rings is 1. The molecule has 2 aromatic heterocycles. The van der Waals surface area contributed by atoms with Gasteiger partial charge in [-0.1, -0.05) is 55.7 Å². The number of phenols is 2. The number of anilines is 2. The van der Waals surface area contributed by atoms with Crippen LogP contribution in [0.25, 0.3) is 11.3 Å². The van der Waals surface area contributed by atoms with Crippen LogP contribution >= 0.6 is 0 Å². The number of nitrogens with zero attached hydrogens (tertiary/aromatic N) is 4. The van der Waals surface area contributed by atoms with Crippen LogP contribution in [0, 0.1) is 0 Å². The summed E-state index contributed by atoms with van der Waals surface area (Å²) in [5.41, 5.74) is 4.12. The smallest absolute Gasteiger partial charge is 0.260 e. The molecule has 4 aromatic rings. The maximum Gasteiger partial charge on any atom is 0.260 e. The Balaban J connectivity index is 1.38. The van der Waals surface area contributed by atoms with E-state index in [1.165, 1.54) is 18.6 Å². The fourth-order valence-corrected chi connectivity index (χ4v) is 5.42. The molecule has 3 heterocycles. The van der Waals surface area contributed by atoms with E-state index in [-0.39, 0.29) is 29.0 Å². The maximum atomic E-state index is 13.7. The van der Waals surface area contributed by atoms with Crippen LogP contribution in [0.3, 0.4) is 0 Å². The third-order valence-corrected chi connectivity index (χ3v) is 7.28. The Morgan fingerprint density at radius 1 is 0.946 bits per heavy atom. The first-order chi connectivity index (χ1) is 18.1. The lowest BCUT2D eigenvalue weighted by Crippen LogP contribution is -2.26. The van der Waals surface area contributed by atoms with E-state index in [1.807, 2.05) is 53.2 Å². The summed E-state index contributed by atoms with van der Waals surface area (Å²) in [4.78, 5) is 19.7. The van der Waals surface area contributed by atoms with E-state index in [2.05, 4.69) is 10.3 Å². The highest BCUT2D eigenvalue weighted by molar-refractivity contribution is 6.03. The zero-order valence-corrected chi connectivity index (χ0v) is 20.5. The fraction of sp³-hybridized carbons (Fsp3) is 0.276. The number of nitrogens with one attached hydrogen (secondary N) is 1. The second kappa shape index (κ2) is 9.61. The summed E-state index contributed by atoms with van der Waals surface area (Å²) in [7, 11) is 0. The van der Waals surface area contributed by atoms with Gasteiger partial charge in [-0.15, -0.1) is 0 Å². The molecule has 1 aliphatic heterocycles. The summed E-state index contributed by atoms with van der Waals surface area (Å²) in [6.45, 7) is 0.785. The van der Waals surface area contributed by atoms with Crippen molar-refractivity contribution in [1.82, 2.24) is 19.7 Å². The number of hydrogen-bond acceptors (Lipinski definition) is 6. The lowest BCUT2D eigenvalue weighted by atomic mass is 9.96. The van der Waals surface area contributed by atoms with Gasteiger partial charge in [-0.05, 0) is 24.5 Å². The number of carbonyl (C=O) groups excluding carboxylic acids is 1. The summed E-state index contributed by atoms with van der Waals surface area (Å²) in [6.07, 6.45) is 7.28. The van der Waals surface area contributed by atoms with Gasteiger partial charge in [-0.3, -0.25) is 9.78 Å².